The van der Waals surface area contributed by atoms with Gasteiger partial charge in [-0.05, 0) is 51.6 Å². The van der Waals surface area contributed by atoms with E-state index in [-0.39, 0.29) is 12.5 Å². The highest BCUT2D eigenvalue weighted by Gasteiger charge is 2.27. The second-order valence-corrected chi connectivity index (χ2v) is 9.02. The summed E-state index contributed by atoms with van der Waals surface area (Å²) in [5.74, 6) is -0.0133. The first-order valence-electron chi connectivity index (χ1n) is 9.59. The molecule has 28 heavy (non-hydrogen) atoms. The molecule has 8 heteroatoms. The number of anilines is 1. The first-order chi connectivity index (χ1) is 13.2. The Kier molecular flexibility index (Phi) is 5.90. The summed E-state index contributed by atoms with van der Waals surface area (Å²) in [6.07, 6.45) is 2.83. The van der Waals surface area contributed by atoms with Crippen LogP contribution in [0.25, 0.3) is 0 Å². The summed E-state index contributed by atoms with van der Waals surface area (Å²) in [6, 6.07) is 0. The molecular formula is C20H29N5O2S. The predicted molar refractivity (Wildman–Crippen MR) is 112 cm³/mol. The maximum Gasteiger partial charge on any atom is 0.251 e. The Morgan fingerprint density at radius 3 is 2.71 bits per heavy atom. The zero-order valence-electron chi connectivity index (χ0n) is 17.3. The van der Waals surface area contributed by atoms with E-state index in [1.54, 1.807) is 0 Å². The Morgan fingerprint density at radius 2 is 2.11 bits per heavy atom. The summed E-state index contributed by atoms with van der Waals surface area (Å²) in [6.45, 7) is 7.08. The Balaban J connectivity index is 1.70. The number of hydrogen-bond acceptors (Lipinski definition) is 5. The summed E-state index contributed by atoms with van der Waals surface area (Å²) in [4.78, 5) is 27.8. The van der Waals surface area contributed by atoms with Crippen molar-refractivity contribution in [3.8, 4) is 0 Å². The van der Waals surface area contributed by atoms with E-state index >= 15 is 0 Å². The summed E-state index contributed by atoms with van der Waals surface area (Å²) >= 11 is 1.50. The number of nitrogens with one attached hydrogen (secondary N) is 1. The topological polar surface area (TPSA) is 93.2 Å². The average molecular weight is 404 g/mol. The van der Waals surface area contributed by atoms with Crippen LogP contribution in [0.4, 0.5) is 5.00 Å². The molecule has 0 saturated carbocycles. The van der Waals surface area contributed by atoms with Crippen LogP contribution in [0.15, 0.2) is 0 Å². The van der Waals surface area contributed by atoms with E-state index in [9.17, 15) is 9.59 Å². The molecule has 0 fully saturated rings. The number of thiophene rings is 1. The third-order valence-electron chi connectivity index (χ3n) is 5.51. The Hall–Kier alpha value is -2.19. The van der Waals surface area contributed by atoms with Gasteiger partial charge < -0.3 is 11.1 Å². The van der Waals surface area contributed by atoms with E-state index in [0.29, 0.717) is 23.0 Å². The normalized spacial score (nSPS) is 16.3. The highest BCUT2D eigenvalue weighted by atomic mass is 32.1. The van der Waals surface area contributed by atoms with Crippen molar-refractivity contribution < 1.29 is 9.59 Å². The minimum atomic E-state index is -0.461. The van der Waals surface area contributed by atoms with E-state index < -0.39 is 5.91 Å². The molecule has 2 aromatic rings. The first kappa shape index (κ1) is 20.5. The third-order valence-corrected chi connectivity index (χ3v) is 6.68. The largest absolute Gasteiger partial charge is 0.365 e. The van der Waals surface area contributed by atoms with Crippen LogP contribution in [0.3, 0.4) is 0 Å². The molecule has 1 aliphatic carbocycles. The minimum Gasteiger partial charge on any atom is -0.365 e. The molecule has 1 aliphatic rings. The van der Waals surface area contributed by atoms with Gasteiger partial charge in [0.1, 0.15) is 5.00 Å². The summed E-state index contributed by atoms with van der Waals surface area (Å²) < 4.78 is 1.86. The van der Waals surface area contributed by atoms with E-state index in [1.807, 2.05) is 37.5 Å². The highest BCUT2D eigenvalue weighted by molar-refractivity contribution is 7.17. The van der Waals surface area contributed by atoms with Crippen LogP contribution < -0.4 is 11.1 Å². The van der Waals surface area contributed by atoms with Gasteiger partial charge in [0, 0.05) is 29.7 Å². The van der Waals surface area contributed by atoms with Crippen LogP contribution in [0, 0.1) is 19.8 Å². The Morgan fingerprint density at radius 1 is 1.39 bits per heavy atom. The van der Waals surface area contributed by atoms with Gasteiger partial charge in [0.2, 0.25) is 5.91 Å². The highest BCUT2D eigenvalue weighted by Crippen LogP contribution is 2.39. The van der Waals surface area contributed by atoms with Gasteiger partial charge in [0.25, 0.3) is 5.91 Å². The summed E-state index contributed by atoms with van der Waals surface area (Å²) in [5, 5.41) is 7.95. The number of primary amides is 1. The Labute approximate surface area is 169 Å². The van der Waals surface area contributed by atoms with E-state index in [0.717, 1.165) is 41.8 Å². The SMILES string of the molecule is Cc1nn(C)c(C)c1CN(C)CC(=O)Nc1sc2c(c1C(N)=O)CCC(C)C2. The maximum absolute atomic E-state index is 12.6. The van der Waals surface area contributed by atoms with Gasteiger partial charge >= 0.3 is 0 Å². The predicted octanol–water partition coefficient (Wildman–Crippen LogP) is 2.39. The molecule has 0 spiro atoms. The van der Waals surface area contributed by atoms with Crippen molar-refractivity contribution in [3.05, 3.63) is 33.0 Å². The lowest BCUT2D eigenvalue weighted by Gasteiger charge is -2.18. The van der Waals surface area contributed by atoms with Gasteiger partial charge in [0.05, 0.1) is 17.8 Å². The fourth-order valence-electron chi connectivity index (χ4n) is 3.88. The van der Waals surface area contributed by atoms with Crippen molar-refractivity contribution in [2.75, 3.05) is 18.9 Å². The van der Waals surface area contributed by atoms with Gasteiger partial charge in [-0.2, -0.15) is 5.10 Å². The first-order valence-corrected chi connectivity index (χ1v) is 10.4. The number of fused-ring (bicyclic) bond motifs is 1. The molecule has 152 valence electrons. The third kappa shape index (κ3) is 4.12. The number of nitrogens with zero attached hydrogens (tertiary/aromatic N) is 3. The van der Waals surface area contributed by atoms with Gasteiger partial charge in [-0.3, -0.25) is 19.2 Å². The van der Waals surface area contributed by atoms with Crippen molar-refractivity contribution in [2.24, 2.45) is 18.7 Å². The second kappa shape index (κ2) is 8.05. The molecule has 2 amide bonds. The van der Waals surface area contributed by atoms with Crippen molar-refractivity contribution in [2.45, 2.75) is 46.6 Å². The van der Waals surface area contributed by atoms with Crippen LogP contribution in [0.2, 0.25) is 0 Å². The smallest absolute Gasteiger partial charge is 0.251 e. The van der Waals surface area contributed by atoms with Gasteiger partial charge in [-0.25, -0.2) is 0 Å². The molecule has 7 nitrogen and oxygen atoms in total. The maximum atomic E-state index is 12.6. The molecule has 1 atom stereocenters. The van der Waals surface area contributed by atoms with Crippen molar-refractivity contribution in [1.29, 1.82) is 0 Å². The molecule has 2 aromatic heterocycles. The molecule has 0 saturated heterocycles. The number of carbonyl (C=O) groups excluding carboxylic acids is 2. The lowest BCUT2D eigenvalue weighted by molar-refractivity contribution is -0.117. The van der Waals surface area contributed by atoms with Crippen LogP contribution in [0.1, 0.15) is 51.1 Å². The number of aromatic nitrogens is 2. The number of carbonyl (C=O) groups is 2. The lowest BCUT2D eigenvalue weighted by Crippen LogP contribution is -2.30. The van der Waals surface area contributed by atoms with Crippen molar-refractivity contribution >= 4 is 28.2 Å². The number of aryl methyl sites for hydroxylation is 2. The number of rotatable bonds is 6. The second-order valence-electron chi connectivity index (χ2n) is 7.91. The van der Waals surface area contributed by atoms with Gasteiger partial charge in [-0.1, -0.05) is 6.92 Å². The fraction of sp³-hybridized carbons (Fsp3) is 0.550. The number of amides is 2. The van der Waals surface area contributed by atoms with Gasteiger partial charge in [-0.15, -0.1) is 11.3 Å². The number of hydrogen-bond donors (Lipinski definition) is 2. The lowest BCUT2D eigenvalue weighted by atomic mass is 9.88. The number of nitrogens with two attached hydrogens (primary N) is 1. The van der Waals surface area contributed by atoms with E-state index in [2.05, 4.69) is 17.3 Å². The molecule has 0 bridgehead atoms. The van der Waals surface area contributed by atoms with Crippen LogP contribution in [0.5, 0.6) is 0 Å². The van der Waals surface area contributed by atoms with Crippen LogP contribution >= 0.6 is 11.3 Å². The van der Waals surface area contributed by atoms with Crippen molar-refractivity contribution in [1.82, 2.24) is 14.7 Å². The molecule has 2 heterocycles. The molecule has 3 N–H and O–H groups in total. The quantitative estimate of drug-likeness (QED) is 0.774. The molecular weight excluding hydrogens is 374 g/mol. The number of likely N-dealkylation sites (N-methyl/N-ethyl adjacent to an activating group) is 1. The summed E-state index contributed by atoms with van der Waals surface area (Å²) in [7, 11) is 3.82. The minimum absolute atomic E-state index is 0.143. The van der Waals surface area contributed by atoms with Crippen LogP contribution in [-0.4, -0.2) is 40.1 Å². The zero-order chi connectivity index (χ0) is 20.6. The average Bonchev–Trinajstić information content (AvgIpc) is 3.05. The fourth-order valence-corrected chi connectivity index (χ4v) is 5.32. The van der Waals surface area contributed by atoms with Crippen molar-refractivity contribution in [3.63, 3.8) is 0 Å². The molecule has 0 radical (unpaired) electrons. The molecule has 0 aromatic carbocycles. The monoisotopic (exact) mass is 403 g/mol. The van der Waals surface area contributed by atoms with Gasteiger partial charge in [0.15, 0.2) is 0 Å². The van der Waals surface area contributed by atoms with Crippen LogP contribution in [-0.2, 0) is 31.2 Å². The molecule has 1 unspecified atom stereocenters. The molecule has 0 aliphatic heterocycles. The zero-order valence-corrected chi connectivity index (χ0v) is 18.1. The summed E-state index contributed by atoms with van der Waals surface area (Å²) in [5.41, 5.74) is 10.4. The molecule has 3 rings (SSSR count). The van der Waals surface area contributed by atoms with E-state index in [1.165, 1.54) is 16.2 Å². The Bertz CT molecular complexity index is 914. The standard InChI is InChI=1S/C20H29N5O2S/c1-11-6-7-14-16(8-11)28-20(18(14)19(21)27)22-17(26)10-24(4)9-15-12(2)23-25(5)13(15)3/h11H,6-10H2,1-5H3,(H2,21,27)(H,22,26). The van der Waals surface area contributed by atoms with E-state index in [4.69, 9.17) is 5.73 Å².